The second kappa shape index (κ2) is 4.81. The van der Waals surface area contributed by atoms with Gasteiger partial charge in [-0.15, -0.1) is 0 Å². The van der Waals surface area contributed by atoms with Crippen LogP contribution in [0.3, 0.4) is 0 Å². The van der Waals surface area contributed by atoms with Gasteiger partial charge in [-0.05, 0) is 23.1 Å². The summed E-state index contributed by atoms with van der Waals surface area (Å²) < 4.78 is 5.49. The average Bonchev–Trinajstić information content (AvgIpc) is 2.24. The van der Waals surface area contributed by atoms with Crippen LogP contribution in [0.15, 0.2) is 18.2 Å². The molecule has 0 atom stereocenters. The molecule has 1 saturated heterocycles. The van der Waals surface area contributed by atoms with Crippen molar-refractivity contribution >= 4 is 5.69 Å². The molecule has 1 fully saturated rings. The molecule has 1 aliphatic rings. The fraction of sp³-hybridized carbons (Fsp3) is 0.600. The first-order chi connectivity index (χ1) is 8.43. The smallest absolute Gasteiger partial charge is 0.142 e. The van der Waals surface area contributed by atoms with Crippen molar-refractivity contribution in [2.75, 3.05) is 32.1 Å². The Bertz CT molecular complexity index is 419. The number of anilines is 1. The number of hydrogen-bond acceptors (Lipinski definition) is 3. The van der Waals surface area contributed by atoms with E-state index in [9.17, 15) is 0 Å². The summed E-state index contributed by atoms with van der Waals surface area (Å²) in [7, 11) is 3.89. The molecule has 0 aliphatic carbocycles. The zero-order valence-electron chi connectivity index (χ0n) is 12.1. The Morgan fingerprint density at radius 1 is 1.28 bits per heavy atom. The molecular weight excluding hydrogens is 224 g/mol. The Morgan fingerprint density at radius 3 is 2.39 bits per heavy atom. The van der Waals surface area contributed by atoms with Gasteiger partial charge in [-0.25, -0.2) is 0 Å². The van der Waals surface area contributed by atoms with Crippen molar-refractivity contribution in [3.8, 4) is 5.75 Å². The predicted molar refractivity (Wildman–Crippen MR) is 76.8 cm³/mol. The number of likely N-dealkylation sites (N-methyl/N-ethyl adjacent to an activating group) is 1. The molecule has 2 rings (SSSR count). The third-order valence-electron chi connectivity index (χ3n) is 3.73. The quantitative estimate of drug-likeness (QED) is 0.889. The lowest BCUT2D eigenvalue weighted by Crippen LogP contribution is -2.56. The molecule has 0 unspecified atom stereocenters. The molecule has 1 aromatic rings. The SMILES string of the molecule is COc1ccc(C(C)(C)C)cc1N(C)C1CNC1. The van der Waals surface area contributed by atoms with Gasteiger partial charge in [-0.1, -0.05) is 26.8 Å². The van der Waals surface area contributed by atoms with Gasteiger partial charge in [0, 0.05) is 20.1 Å². The van der Waals surface area contributed by atoms with E-state index in [2.05, 4.69) is 56.2 Å². The minimum atomic E-state index is 0.166. The Balaban J connectivity index is 2.35. The third-order valence-corrected chi connectivity index (χ3v) is 3.73. The van der Waals surface area contributed by atoms with Gasteiger partial charge in [0.1, 0.15) is 5.75 Å². The van der Waals surface area contributed by atoms with Crippen LogP contribution in [-0.4, -0.2) is 33.3 Å². The van der Waals surface area contributed by atoms with Crippen LogP contribution in [0.2, 0.25) is 0 Å². The number of rotatable bonds is 3. The van der Waals surface area contributed by atoms with Crippen LogP contribution in [0.25, 0.3) is 0 Å². The molecule has 0 aromatic heterocycles. The number of ether oxygens (including phenoxy) is 1. The van der Waals surface area contributed by atoms with E-state index in [-0.39, 0.29) is 5.41 Å². The summed E-state index contributed by atoms with van der Waals surface area (Å²) in [5.41, 5.74) is 2.70. The number of benzene rings is 1. The molecule has 1 heterocycles. The first-order valence-electron chi connectivity index (χ1n) is 6.55. The van der Waals surface area contributed by atoms with Gasteiger partial charge >= 0.3 is 0 Å². The maximum absolute atomic E-state index is 5.49. The van der Waals surface area contributed by atoms with E-state index in [1.165, 1.54) is 11.3 Å². The van der Waals surface area contributed by atoms with Crippen LogP contribution in [-0.2, 0) is 5.41 Å². The molecule has 0 spiro atoms. The van der Waals surface area contributed by atoms with Crippen LogP contribution < -0.4 is 15.0 Å². The third kappa shape index (κ3) is 2.46. The van der Waals surface area contributed by atoms with Gasteiger partial charge in [0.2, 0.25) is 0 Å². The second-order valence-electron chi connectivity index (χ2n) is 6.06. The van der Waals surface area contributed by atoms with Crippen molar-refractivity contribution in [3.05, 3.63) is 23.8 Å². The van der Waals surface area contributed by atoms with Gasteiger partial charge in [-0.2, -0.15) is 0 Å². The van der Waals surface area contributed by atoms with E-state index in [1.807, 2.05) is 0 Å². The fourth-order valence-corrected chi connectivity index (χ4v) is 2.18. The number of hydrogen-bond donors (Lipinski definition) is 1. The Labute approximate surface area is 110 Å². The molecule has 3 nitrogen and oxygen atoms in total. The number of nitrogens with one attached hydrogen (secondary N) is 1. The molecule has 100 valence electrons. The molecule has 0 radical (unpaired) electrons. The standard InChI is InChI=1S/C15H24N2O/c1-15(2,3)11-6-7-14(18-5)13(8-11)17(4)12-9-16-10-12/h6-8,12,16H,9-10H2,1-5H3. The largest absolute Gasteiger partial charge is 0.495 e. The lowest BCUT2D eigenvalue weighted by molar-refractivity contribution is 0.400. The number of methoxy groups -OCH3 is 1. The van der Waals surface area contributed by atoms with Crippen molar-refractivity contribution in [1.82, 2.24) is 5.32 Å². The summed E-state index contributed by atoms with van der Waals surface area (Å²) in [6.45, 7) is 8.83. The van der Waals surface area contributed by atoms with Gasteiger partial charge in [-0.3, -0.25) is 0 Å². The van der Waals surface area contributed by atoms with E-state index in [4.69, 9.17) is 4.74 Å². The Kier molecular flexibility index (Phi) is 3.53. The molecule has 0 amide bonds. The van der Waals surface area contributed by atoms with E-state index < -0.39 is 0 Å². The van der Waals surface area contributed by atoms with E-state index in [0.717, 1.165) is 18.8 Å². The normalized spacial score (nSPS) is 16.3. The predicted octanol–water partition coefficient (Wildman–Crippen LogP) is 2.40. The molecule has 0 bridgehead atoms. The topological polar surface area (TPSA) is 24.5 Å². The zero-order valence-corrected chi connectivity index (χ0v) is 12.1. The molecule has 3 heteroatoms. The van der Waals surface area contributed by atoms with Gasteiger partial charge in [0.25, 0.3) is 0 Å². The summed E-state index contributed by atoms with van der Waals surface area (Å²) >= 11 is 0. The minimum absolute atomic E-state index is 0.166. The van der Waals surface area contributed by atoms with E-state index >= 15 is 0 Å². The summed E-state index contributed by atoms with van der Waals surface area (Å²) in [6.07, 6.45) is 0. The van der Waals surface area contributed by atoms with Crippen LogP contribution in [0.1, 0.15) is 26.3 Å². The maximum Gasteiger partial charge on any atom is 0.142 e. The van der Waals surface area contributed by atoms with Crippen molar-refractivity contribution in [2.45, 2.75) is 32.2 Å². The van der Waals surface area contributed by atoms with Crippen molar-refractivity contribution in [3.63, 3.8) is 0 Å². The second-order valence-corrected chi connectivity index (χ2v) is 6.06. The molecule has 1 aliphatic heterocycles. The Morgan fingerprint density at radius 2 is 1.94 bits per heavy atom. The summed E-state index contributed by atoms with van der Waals surface area (Å²) in [6, 6.07) is 7.08. The van der Waals surface area contributed by atoms with Gasteiger partial charge in [0.05, 0.1) is 18.8 Å². The van der Waals surface area contributed by atoms with Crippen LogP contribution in [0.4, 0.5) is 5.69 Å². The van der Waals surface area contributed by atoms with Crippen LogP contribution >= 0.6 is 0 Å². The van der Waals surface area contributed by atoms with Crippen LogP contribution in [0.5, 0.6) is 5.75 Å². The van der Waals surface area contributed by atoms with Crippen LogP contribution in [0, 0.1) is 0 Å². The average molecular weight is 248 g/mol. The number of nitrogens with zero attached hydrogens (tertiary/aromatic N) is 1. The summed E-state index contributed by atoms with van der Waals surface area (Å²) in [5, 5.41) is 3.31. The highest BCUT2D eigenvalue weighted by atomic mass is 16.5. The molecular formula is C15H24N2O. The van der Waals surface area contributed by atoms with Gasteiger partial charge in [0.15, 0.2) is 0 Å². The molecule has 0 saturated carbocycles. The summed E-state index contributed by atoms with van der Waals surface area (Å²) in [5.74, 6) is 0.956. The highest BCUT2D eigenvalue weighted by Crippen LogP contribution is 2.34. The zero-order chi connectivity index (χ0) is 13.3. The van der Waals surface area contributed by atoms with E-state index in [1.54, 1.807) is 7.11 Å². The lowest BCUT2D eigenvalue weighted by Gasteiger charge is -2.38. The first-order valence-corrected chi connectivity index (χ1v) is 6.55. The molecule has 18 heavy (non-hydrogen) atoms. The maximum atomic E-state index is 5.49. The monoisotopic (exact) mass is 248 g/mol. The molecule has 1 N–H and O–H groups in total. The van der Waals surface area contributed by atoms with Crippen molar-refractivity contribution < 1.29 is 4.74 Å². The minimum Gasteiger partial charge on any atom is -0.495 e. The highest BCUT2D eigenvalue weighted by Gasteiger charge is 2.25. The van der Waals surface area contributed by atoms with Crippen molar-refractivity contribution in [2.24, 2.45) is 0 Å². The lowest BCUT2D eigenvalue weighted by atomic mass is 9.86. The van der Waals surface area contributed by atoms with E-state index in [0.29, 0.717) is 6.04 Å². The highest BCUT2D eigenvalue weighted by molar-refractivity contribution is 5.61. The van der Waals surface area contributed by atoms with Crippen molar-refractivity contribution in [1.29, 1.82) is 0 Å². The fourth-order valence-electron chi connectivity index (χ4n) is 2.18. The van der Waals surface area contributed by atoms with Gasteiger partial charge < -0.3 is 15.0 Å². The Hall–Kier alpha value is -1.22. The summed E-state index contributed by atoms with van der Waals surface area (Å²) in [4.78, 5) is 2.32. The first kappa shape index (κ1) is 13.2. The molecule has 1 aromatic carbocycles.